The molecular weight excluding hydrogens is 340 g/mol. The number of carbonyl (C=O) groups excluding carboxylic acids is 1. The largest absolute Gasteiger partial charge is 0.409 e. The molecule has 0 fully saturated rings. The molecule has 1 aromatic heterocycles. The number of nitrogens with zero attached hydrogens (tertiary/aromatic N) is 1. The molecule has 108 valence electrons. The molecule has 0 aliphatic rings. The molecule has 2 rings (SSSR count). The minimum absolute atomic E-state index is 0.135. The molecule has 5 N–H and O–H groups in total. The Morgan fingerprint density at radius 1 is 1.33 bits per heavy atom. The molecule has 0 unspecified atom stereocenters. The highest BCUT2D eigenvalue weighted by Crippen LogP contribution is 2.22. The minimum Gasteiger partial charge on any atom is -0.409 e. The molecule has 0 atom stereocenters. The van der Waals surface area contributed by atoms with E-state index in [4.69, 9.17) is 10.9 Å². The maximum absolute atomic E-state index is 12.1. The van der Waals surface area contributed by atoms with Crippen LogP contribution in [-0.2, 0) is 0 Å². The number of benzene rings is 1. The zero-order valence-corrected chi connectivity index (χ0v) is 12.2. The van der Waals surface area contributed by atoms with Gasteiger partial charge in [-0.1, -0.05) is 21.1 Å². The van der Waals surface area contributed by atoms with Crippen LogP contribution < -0.4 is 16.6 Å². The van der Waals surface area contributed by atoms with Crippen molar-refractivity contribution in [1.82, 2.24) is 4.98 Å². The lowest BCUT2D eigenvalue weighted by Gasteiger charge is -2.10. The fourth-order valence-corrected chi connectivity index (χ4v) is 2.04. The molecule has 7 nitrogen and oxygen atoms in total. The third-order valence-electron chi connectivity index (χ3n) is 2.65. The van der Waals surface area contributed by atoms with Gasteiger partial charge in [-0.3, -0.25) is 9.59 Å². The van der Waals surface area contributed by atoms with Crippen LogP contribution in [0.25, 0.3) is 0 Å². The lowest BCUT2D eigenvalue weighted by molar-refractivity contribution is 0.102. The Morgan fingerprint density at radius 3 is 2.76 bits per heavy atom. The number of hydrogen-bond donors (Lipinski definition) is 4. The van der Waals surface area contributed by atoms with Crippen molar-refractivity contribution < 1.29 is 10.0 Å². The van der Waals surface area contributed by atoms with Crippen LogP contribution in [0.3, 0.4) is 0 Å². The summed E-state index contributed by atoms with van der Waals surface area (Å²) in [4.78, 5) is 25.7. The number of amides is 1. The van der Waals surface area contributed by atoms with Crippen molar-refractivity contribution in [1.29, 1.82) is 0 Å². The van der Waals surface area contributed by atoms with Gasteiger partial charge in [-0.05, 0) is 24.3 Å². The van der Waals surface area contributed by atoms with E-state index in [1.54, 1.807) is 18.2 Å². The molecule has 21 heavy (non-hydrogen) atoms. The molecule has 2 aromatic rings. The van der Waals surface area contributed by atoms with Crippen molar-refractivity contribution in [2.24, 2.45) is 10.9 Å². The summed E-state index contributed by atoms with van der Waals surface area (Å²) < 4.78 is 0.707. The number of aromatic amines is 1. The number of H-pyrrole nitrogens is 1. The lowest BCUT2D eigenvalue weighted by atomic mass is 10.1. The van der Waals surface area contributed by atoms with Crippen molar-refractivity contribution in [2.45, 2.75) is 0 Å². The van der Waals surface area contributed by atoms with Crippen molar-refractivity contribution in [2.75, 3.05) is 5.32 Å². The maximum Gasteiger partial charge on any atom is 0.255 e. The maximum atomic E-state index is 12.1. The van der Waals surface area contributed by atoms with Gasteiger partial charge in [-0.15, -0.1) is 0 Å². The second-order valence-corrected chi connectivity index (χ2v) is 4.99. The molecule has 0 saturated carbocycles. The number of rotatable bonds is 3. The Bertz CT molecular complexity index is 770. The fourth-order valence-electron chi connectivity index (χ4n) is 1.68. The summed E-state index contributed by atoms with van der Waals surface area (Å²) in [7, 11) is 0. The molecule has 1 aromatic carbocycles. The third-order valence-corrected chi connectivity index (χ3v) is 3.14. The SMILES string of the molecule is N/C(=N/O)c1ccc(Br)cc1NC(=O)c1cc[nH]c(=O)c1. The van der Waals surface area contributed by atoms with Crippen LogP contribution in [0.1, 0.15) is 15.9 Å². The molecule has 1 amide bonds. The highest BCUT2D eigenvalue weighted by Gasteiger charge is 2.12. The Kier molecular flexibility index (Phi) is 4.39. The van der Waals surface area contributed by atoms with E-state index in [0.29, 0.717) is 15.7 Å². The van der Waals surface area contributed by atoms with E-state index in [2.05, 4.69) is 31.4 Å². The highest BCUT2D eigenvalue weighted by molar-refractivity contribution is 9.10. The van der Waals surface area contributed by atoms with Crippen LogP contribution in [0.2, 0.25) is 0 Å². The van der Waals surface area contributed by atoms with Crippen LogP contribution in [0.5, 0.6) is 0 Å². The zero-order chi connectivity index (χ0) is 15.4. The number of aromatic nitrogens is 1. The average Bonchev–Trinajstić information content (AvgIpc) is 2.46. The number of nitrogens with one attached hydrogen (secondary N) is 2. The van der Waals surface area contributed by atoms with Gasteiger partial charge in [0.05, 0.1) is 5.69 Å². The van der Waals surface area contributed by atoms with Crippen molar-refractivity contribution in [3.8, 4) is 0 Å². The fraction of sp³-hybridized carbons (Fsp3) is 0. The van der Waals surface area contributed by atoms with Gasteiger partial charge >= 0.3 is 0 Å². The third kappa shape index (κ3) is 3.48. The number of nitrogens with two attached hydrogens (primary N) is 1. The summed E-state index contributed by atoms with van der Waals surface area (Å²) in [6, 6.07) is 7.54. The second kappa shape index (κ2) is 6.23. The van der Waals surface area contributed by atoms with Gasteiger partial charge in [0.2, 0.25) is 5.56 Å². The van der Waals surface area contributed by atoms with E-state index in [-0.39, 0.29) is 17.0 Å². The van der Waals surface area contributed by atoms with Crippen molar-refractivity contribution in [3.05, 3.63) is 62.5 Å². The number of hydrogen-bond acceptors (Lipinski definition) is 4. The van der Waals surface area contributed by atoms with Gasteiger partial charge in [0, 0.05) is 27.9 Å². The minimum atomic E-state index is -0.480. The predicted molar refractivity (Wildman–Crippen MR) is 81.7 cm³/mol. The summed E-state index contributed by atoms with van der Waals surface area (Å²) in [6.07, 6.45) is 1.38. The standard InChI is InChI=1S/C13H11BrN4O3/c14-8-1-2-9(12(15)18-21)10(6-8)17-13(20)7-3-4-16-11(19)5-7/h1-6,21H,(H2,15,18)(H,16,19)(H,17,20). The quantitative estimate of drug-likeness (QED) is 0.290. The average molecular weight is 351 g/mol. The first-order valence-electron chi connectivity index (χ1n) is 5.79. The molecule has 0 radical (unpaired) electrons. The van der Waals surface area contributed by atoms with Gasteiger partial charge in [-0.2, -0.15) is 0 Å². The van der Waals surface area contributed by atoms with E-state index in [0.717, 1.165) is 0 Å². The van der Waals surface area contributed by atoms with Crippen LogP contribution in [-0.4, -0.2) is 21.9 Å². The molecule has 0 spiro atoms. The Labute approximate surface area is 127 Å². The van der Waals surface area contributed by atoms with Crippen LogP contribution in [0.4, 0.5) is 5.69 Å². The Morgan fingerprint density at radius 2 is 2.10 bits per heavy atom. The van der Waals surface area contributed by atoms with Gasteiger partial charge < -0.3 is 21.2 Å². The van der Waals surface area contributed by atoms with E-state index >= 15 is 0 Å². The highest BCUT2D eigenvalue weighted by atomic mass is 79.9. The normalized spacial score (nSPS) is 11.2. The zero-order valence-electron chi connectivity index (χ0n) is 10.6. The van der Waals surface area contributed by atoms with Gasteiger partial charge in [0.15, 0.2) is 5.84 Å². The van der Waals surface area contributed by atoms with Crippen LogP contribution in [0, 0.1) is 0 Å². The second-order valence-electron chi connectivity index (χ2n) is 4.07. The first-order valence-corrected chi connectivity index (χ1v) is 6.58. The summed E-state index contributed by atoms with van der Waals surface area (Å²) in [6.45, 7) is 0. The number of halogens is 1. The predicted octanol–water partition coefficient (Wildman–Crippen LogP) is 1.48. The van der Waals surface area contributed by atoms with E-state index in [1.807, 2.05) is 0 Å². The van der Waals surface area contributed by atoms with E-state index in [1.165, 1.54) is 18.3 Å². The lowest BCUT2D eigenvalue weighted by Crippen LogP contribution is -2.20. The topological polar surface area (TPSA) is 121 Å². The molecule has 0 saturated heterocycles. The van der Waals surface area contributed by atoms with Crippen molar-refractivity contribution in [3.63, 3.8) is 0 Å². The molecular formula is C13H11BrN4O3. The first-order chi connectivity index (χ1) is 10.0. The number of carbonyl (C=O) groups is 1. The van der Waals surface area contributed by atoms with Crippen molar-refractivity contribution >= 4 is 33.4 Å². The molecule has 0 bridgehead atoms. The van der Waals surface area contributed by atoms with Crippen LogP contribution >= 0.6 is 15.9 Å². The number of amidine groups is 1. The van der Waals surface area contributed by atoms with E-state index in [9.17, 15) is 9.59 Å². The summed E-state index contributed by atoms with van der Waals surface area (Å²) >= 11 is 3.28. The summed E-state index contributed by atoms with van der Waals surface area (Å²) in [5, 5.41) is 14.3. The van der Waals surface area contributed by atoms with Gasteiger partial charge in [-0.25, -0.2) is 0 Å². The number of oxime groups is 1. The molecule has 1 heterocycles. The first kappa shape index (κ1) is 14.8. The van der Waals surface area contributed by atoms with E-state index < -0.39 is 5.91 Å². The summed E-state index contributed by atoms with van der Waals surface area (Å²) in [5.41, 5.74) is 6.09. The smallest absolute Gasteiger partial charge is 0.255 e. The Hall–Kier alpha value is -2.61. The molecule has 8 heteroatoms. The van der Waals surface area contributed by atoms with Crippen LogP contribution in [0.15, 0.2) is 51.0 Å². The number of pyridine rings is 1. The number of anilines is 1. The summed E-state index contributed by atoms with van der Waals surface area (Å²) in [5.74, 6) is -0.616. The van der Waals surface area contributed by atoms with Gasteiger partial charge in [0.1, 0.15) is 0 Å². The molecule has 0 aliphatic heterocycles. The van der Waals surface area contributed by atoms with Gasteiger partial charge in [0.25, 0.3) is 5.91 Å². The monoisotopic (exact) mass is 350 g/mol. The molecule has 0 aliphatic carbocycles. The Balaban J connectivity index is 2.37.